The molecule has 2 nitrogen and oxygen atoms in total. The van der Waals surface area contributed by atoms with E-state index < -0.39 is 0 Å². The van der Waals surface area contributed by atoms with Gasteiger partial charge in [0.2, 0.25) is 0 Å². The molecule has 0 heterocycles. The highest BCUT2D eigenvalue weighted by atomic mass is 79.9. The van der Waals surface area contributed by atoms with E-state index in [2.05, 4.69) is 65.3 Å². The number of benzene rings is 3. The summed E-state index contributed by atoms with van der Waals surface area (Å²) in [6.07, 6.45) is 6.77. The molecule has 3 heteroatoms. The van der Waals surface area contributed by atoms with E-state index in [0.717, 1.165) is 22.9 Å². The molecule has 0 fully saturated rings. The average molecular weight is 476 g/mol. The van der Waals surface area contributed by atoms with E-state index >= 15 is 0 Å². The molecule has 0 aliphatic heterocycles. The Morgan fingerprint density at radius 2 is 1.61 bits per heavy atom. The predicted octanol–water partition coefficient (Wildman–Crippen LogP) is 7.76. The normalized spacial score (nSPS) is 11.4. The number of halogens is 1. The van der Waals surface area contributed by atoms with Gasteiger partial charge >= 0.3 is 0 Å². The number of carbonyl (C=O) groups excluding carboxylic acids is 1. The van der Waals surface area contributed by atoms with Crippen LogP contribution in [0.15, 0.2) is 95.0 Å². The Balaban J connectivity index is 1.89. The molecule has 160 valence electrons. The van der Waals surface area contributed by atoms with Crippen molar-refractivity contribution in [3.8, 4) is 0 Å². The molecule has 3 aromatic carbocycles. The zero-order valence-corrected chi connectivity index (χ0v) is 19.7. The number of rotatable bonds is 10. The first-order chi connectivity index (χ1) is 15.2. The Morgan fingerprint density at radius 1 is 0.903 bits per heavy atom. The molecule has 0 aliphatic rings. The summed E-state index contributed by atoms with van der Waals surface area (Å²) in [6, 6.07) is 28.3. The minimum absolute atomic E-state index is 0.0552. The highest BCUT2D eigenvalue weighted by Crippen LogP contribution is 2.20. The molecule has 0 N–H and O–H groups in total. The van der Waals surface area contributed by atoms with Crippen LogP contribution < -0.4 is 0 Å². The third-order valence-corrected chi connectivity index (χ3v) is 5.73. The van der Waals surface area contributed by atoms with E-state index in [9.17, 15) is 4.79 Å². The minimum Gasteiger partial charge on any atom is -0.330 e. The first-order valence-corrected chi connectivity index (χ1v) is 11.8. The SMILES string of the molecule is CCCCC/C(=C\c1ccccc1)CN(Cc1ccccc1)C(=O)c1cccc(Br)c1. The molecule has 0 bridgehead atoms. The predicted molar refractivity (Wildman–Crippen MR) is 134 cm³/mol. The van der Waals surface area contributed by atoms with Crippen LogP contribution in [0.4, 0.5) is 0 Å². The van der Waals surface area contributed by atoms with Crippen molar-refractivity contribution < 1.29 is 4.79 Å². The van der Waals surface area contributed by atoms with E-state index in [1.54, 1.807) is 0 Å². The Labute approximate surface area is 194 Å². The molecule has 0 aromatic heterocycles. The summed E-state index contributed by atoms with van der Waals surface area (Å²) in [6.45, 7) is 3.43. The highest BCUT2D eigenvalue weighted by Gasteiger charge is 2.18. The quantitative estimate of drug-likeness (QED) is 0.274. The monoisotopic (exact) mass is 475 g/mol. The fraction of sp³-hybridized carbons (Fsp3) is 0.250. The maximum Gasteiger partial charge on any atom is 0.254 e. The van der Waals surface area contributed by atoms with E-state index in [1.165, 1.54) is 24.0 Å². The fourth-order valence-electron chi connectivity index (χ4n) is 3.64. The largest absolute Gasteiger partial charge is 0.330 e. The van der Waals surface area contributed by atoms with Gasteiger partial charge in [0.05, 0.1) is 0 Å². The van der Waals surface area contributed by atoms with Gasteiger partial charge in [-0.2, -0.15) is 0 Å². The van der Waals surface area contributed by atoms with Crippen LogP contribution in [0.5, 0.6) is 0 Å². The summed E-state index contributed by atoms with van der Waals surface area (Å²) in [4.78, 5) is 15.5. The maximum absolute atomic E-state index is 13.5. The topological polar surface area (TPSA) is 20.3 Å². The number of amides is 1. The minimum atomic E-state index is 0.0552. The number of hydrogen-bond donors (Lipinski definition) is 0. The second kappa shape index (κ2) is 12.3. The van der Waals surface area contributed by atoms with Crippen LogP contribution in [-0.4, -0.2) is 17.4 Å². The van der Waals surface area contributed by atoms with Gasteiger partial charge in [-0.1, -0.05) is 114 Å². The first-order valence-electron chi connectivity index (χ1n) is 11.0. The fourth-order valence-corrected chi connectivity index (χ4v) is 4.04. The molecule has 0 aliphatic carbocycles. The standard InChI is InChI=1S/C28H30BrNO/c1-2-3-6-16-25(19-23-12-7-4-8-13-23)22-30(21-24-14-9-5-10-15-24)28(31)26-17-11-18-27(29)20-26/h4-5,7-15,17-20H,2-3,6,16,21-22H2,1H3/b25-19+. The lowest BCUT2D eigenvalue weighted by Gasteiger charge is -2.25. The van der Waals surface area contributed by atoms with Crippen LogP contribution in [0.3, 0.4) is 0 Å². The maximum atomic E-state index is 13.5. The third kappa shape index (κ3) is 7.52. The molecular formula is C28H30BrNO. The van der Waals surface area contributed by atoms with Gasteiger partial charge < -0.3 is 4.90 Å². The van der Waals surface area contributed by atoms with Gasteiger partial charge in [-0.25, -0.2) is 0 Å². The second-order valence-corrected chi connectivity index (χ2v) is 8.74. The van der Waals surface area contributed by atoms with Gasteiger partial charge in [-0.05, 0) is 42.2 Å². The van der Waals surface area contributed by atoms with Gasteiger partial charge in [0.25, 0.3) is 5.91 Å². The average Bonchev–Trinajstić information content (AvgIpc) is 2.79. The lowest BCUT2D eigenvalue weighted by atomic mass is 10.0. The second-order valence-electron chi connectivity index (χ2n) is 7.83. The van der Waals surface area contributed by atoms with Crippen molar-refractivity contribution in [3.05, 3.63) is 112 Å². The molecule has 0 saturated heterocycles. The third-order valence-electron chi connectivity index (χ3n) is 5.24. The zero-order valence-electron chi connectivity index (χ0n) is 18.1. The Hall–Kier alpha value is -2.65. The molecule has 0 unspecified atom stereocenters. The van der Waals surface area contributed by atoms with Crippen LogP contribution in [0.2, 0.25) is 0 Å². The molecule has 0 saturated carbocycles. The van der Waals surface area contributed by atoms with Gasteiger partial charge in [-0.3, -0.25) is 4.79 Å². The van der Waals surface area contributed by atoms with Crippen molar-refractivity contribution in [1.82, 2.24) is 4.90 Å². The molecule has 3 rings (SSSR count). The van der Waals surface area contributed by atoms with Crippen molar-refractivity contribution in [2.45, 2.75) is 39.2 Å². The summed E-state index contributed by atoms with van der Waals surface area (Å²) in [5.41, 5.74) is 4.32. The van der Waals surface area contributed by atoms with Crippen LogP contribution in [0, 0.1) is 0 Å². The molecule has 3 aromatic rings. The molecular weight excluding hydrogens is 446 g/mol. The molecule has 1 amide bonds. The molecule has 0 spiro atoms. The van der Waals surface area contributed by atoms with Gasteiger partial charge in [0.15, 0.2) is 0 Å². The number of hydrogen-bond acceptors (Lipinski definition) is 1. The van der Waals surface area contributed by atoms with E-state index in [4.69, 9.17) is 0 Å². The van der Waals surface area contributed by atoms with Gasteiger partial charge in [0.1, 0.15) is 0 Å². The van der Waals surface area contributed by atoms with Crippen molar-refractivity contribution in [2.24, 2.45) is 0 Å². The summed E-state index contributed by atoms with van der Waals surface area (Å²) < 4.78 is 0.918. The molecule has 0 atom stereocenters. The highest BCUT2D eigenvalue weighted by molar-refractivity contribution is 9.10. The smallest absolute Gasteiger partial charge is 0.254 e. The molecule has 0 radical (unpaired) electrons. The Kier molecular flexibility index (Phi) is 9.11. The summed E-state index contributed by atoms with van der Waals surface area (Å²) in [7, 11) is 0. The number of carbonyl (C=O) groups is 1. The number of unbranched alkanes of at least 4 members (excludes halogenated alkanes) is 2. The van der Waals surface area contributed by atoms with Crippen LogP contribution in [0.25, 0.3) is 6.08 Å². The van der Waals surface area contributed by atoms with E-state index in [0.29, 0.717) is 18.7 Å². The van der Waals surface area contributed by atoms with Crippen LogP contribution in [-0.2, 0) is 6.54 Å². The Bertz CT molecular complexity index is 982. The summed E-state index contributed by atoms with van der Waals surface area (Å²) in [5.74, 6) is 0.0552. The van der Waals surface area contributed by atoms with Crippen molar-refractivity contribution in [2.75, 3.05) is 6.54 Å². The Morgan fingerprint density at radius 3 is 2.29 bits per heavy atom. The van der Waals surface area contributed by atoms with Crippen LogP contribution >= 0.6 is 15.9 Å². The van der Waals surface area contributed by atoms with Gasteiger partial charge in [-0.15, -0.1) is 0 Å². The van der Waals surface area contributed by atoms with Crippen molar-refractivity contribution in [3.63, 3.8) is 0 Å². The van der Waals surface area contributed by atoms with Gasteiger partial charge in [0, 0.05) is 23.1 Å². The van der Waals surface area contributed by atoms with E-state index in [-0.39, 0.29) is 5.91 Å². The summed E-state index contributed by atoms with van der Waals surface area (Å²) in [5, 5.41) is 0. The zero-order chi connectivity index (χ0) is 21.9. The van der Waals surface area contributed by atoms with Crippen LogP contribution in [0.1, 0.15) is 54.1 Å². The number of nitrogens with zero attached hydrogens (tertiary/aromatic N) is 1. The molecule has 31 heavy (non-hydrogen) atoms. The van der Waals surface area contributed by atoms with Crippen molar-refractivity contribution >= 4 is 27.9 Å². The van der Waals surface area contributed by atoms with Crippen molar-refractivity contribution in [1.29, 1.82) is 0 Å². The lowest BCUT2D eigenvalue weighted by Crippen LogP contribution is -2.32. The lowest BCUT2D eigenvalue weighted by molar-refractivity contribution is 0.0757. The summed E-state index contributed by atoms with van der Waals surface area (Å²) >= 11 is 3.50. The first kappa shape index (κ1) is 23.0. The van der Waals surface area contributed by atoms with E-state index in [1.807, 2.05) is 53.4 Å².